The molecule has 0 aliphatic heterocycles. The van der Waals surface area contributed by atoms with Gasteiger partial charge in [-0.3, -0.25) is 9.78 Å². The van der Waals surface area contributed by atoms with Crippen LogP contribution in [0.3, 0.4) is 0 Å². The van der Waals surface area contributed by atoms with Gasteiger partial charge in [0.15, 0.2) is 0 Å². The summed E-state index contributed by atoms with van der Waals surface area (Å²) < 4.78 is 0. The molecule has 110 valence electrons. The molecular weight excluding hydrogens is 258 g/mol. The molecule has 0 bridgehead atoms. The molecule has 3 N–H and O–H groups in total. The molecule has 6 nitrogen and oxygen atoms in total. The zero-order chi connectivity index (χ0) is 15.2. The van der Waals surface area contributed by atoms with Crippen molar-refractivity contribution < 1.29 is 14.7 Å². The third-order valence-corrected chi connectivity index (χ3v) is 2.89. The Hall–Kier alpha value is -2.11. The second-order valence-electron chi connectivity index (χ2n) is 5.66. The van der Waals surface area contributed by atoms with Gasteiger partial charge in [-0.25, -0.2) is 4.79 Å². The molecule has 1 heterocycles. The van der Waals surface area contributed by atoms with Gasteiger partial charge in [0, 0.05) is 12.2 Å². The second kappa shape index (κ2) is 6.88. The van der Waals surface area contributed by atoms with Crippen LogP contribution in [0.2, 0.25) is 0 Å². The summed E-state index contributed by atoms with van der Waals surface area (Å²) in [6, 6.07) is 4.61. The van der Waals surface area contributed by atoms with Gasteiger partial charge >= 0.3 is 12.0 Å². The summed E-state index contributed by atoms with van der Waals surface area (Å²) in [5.41, 5.74) is 0.411. The molecule has 0 spiro atoms. The van der Waals surface area contributed by atoms with Crippen molar-refractivity contribution in [1.82, 2.24) is 15.6 Å². The number of nitrogens with zero attached hydrogens (tertiary/aromatic N) is 1. The quantitative estimate of drug-likeness (QED) is 0.766. The Morgan fingerprint density at radius 3 is 2.55 bits per heavy atom. The zero-order valence-corrected chi connectivity index (χ0v) is 12.0. The lowest BCUT2D eigenvalue weighted by molar-refractivity contribution is -0.138. The number of urea groups is 1. The van der Waals surface area contributed by atoms with Gasteiger partial charge < -0.3 is 15.7 Å². The number of carboxylic acids is 1. The number of carbonyl (C=O) groups is 2. The second-order valence-corrected chi connectivity index (χ2v) is 5.66. The molecule has 0 saturated heterocycles. The van der Waals surface area contributed by atoms with Crippen LogP contribution in [0.5, 0.6) is 0 Å². The van der Waals surface area contributed by atoms with Crippen molar-refractivity contribution in [2.24, 2.45) is 5.41 Å². The summed E-state index contributed by atoms with van der Waals surface area (Å²) >= 11 is 0. The maximum Gasteiger partial charge on any atom is 0.315 e. The molecule has 0 aliphatic rings. The summed E-state index contributed by atoms with van der Waals surface area (Å²) in [6.45, 7) is 5.97. The SMILES string of the molecule is CC(C)(C)C(CC(=O)O)NC(=O)NCc1ccccn1. The Kier molecular flexibility index (Phi) is 5.49. The zero-order valence-electron chi connectivity index (χ0n) is 12.0. The van der Waals surface area contributed by atoms with E-state index in [1.807, 2.05) is 26.8 Å². The largest absolute Gasteiger partial charge is 0.481 e. The summed E-state index contributed by atoms with van der Waals surface area (Å²) in [7, 11) is 0. The molecule has 0 saturated carbocycles. The number of aromatic nitrogens is 1. The van der Waals surface area contributed by atoms with Gasteiger partial charge in [0.25, 0.3) is 0 Å². The maximum atomic E-state index is 11.8. The van der Waals surface area contributed by atoms with Crippen molar-refractivity contribution in [2.75, 3.05) is 0 Å². The minimum atomic E-state index is -0.935. The Labute approximate surface area is 118 Å². The predicted octanol–water partition coefficient (Wildman–Crippen LogP) is 1.77. The highest BCUT2D eigenvalue weighted by atomic mass is 16.4. The van der Waals surface area contributed by atoms with Gasteiger partial charge in [0.2, 0.25) is 0 Å². The maximum absolute atomic E-state index is 11.8. The fourth-order valence-electron chi connectivity index (χ4n) is 1.63. The Morgan fingerprint density at radius 2 is 2.05 bits per heavy atom. The molecule has 2 amide bonds. The highest BCUT2D eigenvalue weighted by Gasteiger charge is 2.28. The number of amides is 2. The lowest BCUT2D eigenvalue weighted by Crippen LogP contribution is -2.48. The van der Waals surface area contributed by atoms with Gasteiger partial charge in [-0.1, -0.05) is 26.8 Å². The van der Waals surface area contributed by atoms with E-state index in [9.17, 15) is 9.59 Å². The van der Waals surface area contributed by atoms with E-state index >= 15 is 0 Å². The number of carboxylic acid groups (broad SMARTS) is 1. The average Bonchev–Trinajstić information content (AvgIpc) is 2.35. The van der Waals surface area contributed by atoms with Gasteiger partial charge in [0.1, 0.15) is 0 Å². The normalized spacial score (nSPS) is 12.6. The standard InChI is InChI=1S/C14H21N3O3/c1-14(2,3)11(8-12(18)19)17-13(20)16-9-10-6-4-5-7-15-10/h4-7,11H,8-9H2,1-3H3,(H,18,19)(H2,16,17,20). The van der Waals surface area contributed by atoms with Crippen LogP contribution >= 0.6 is 0 Å². The fraction of sp³-hybridized carbons (Fsp3) is 0.500. The van der Waals surface area contributed by atoms with E-state index in [1.165, 1.54) is 0 Å². The van der Waals surface area contributed by atoms with Crippen LogP contribution < -0.4 is 10.6 Å². The first-order chi connectivity index (χ1) is 9.29. The van der Waals surface area contributed by atoms with Crippen LogP contribution in [0.4, 0.5) is 4.79 Å². The van der Waals surface area contributed by atoms with Crippen molar-refractivity contribution >= 4 is 12.0 Å². The summed E-state index contributed by atoms with van der Waals surface area (Å²) in [5, 5.41) is 14.3. The summed E-state index contributed by atoms with van der Waals surface area (Å²) in [5.74, 6) is -0.935. The molecule has 20 heavy (non-hydrogen) atoms. The van der Waals surface area contributed by atoms with Crippen molar-refractivity contribution in [3.8, 4) is 0 Å². The average molecular weight is 279 g/mol. The predicted molar refractivity (Wildman–Crippen MR) is 75.1 cm³/mol. The molecule has 0 radical (unpaired) electrons. The van der Waals surface area contributed by atoms with E-state index in [2.05, 4.69) is 15.6 Å². The van der Waals surface area contributed by atoms with E-state index in [0.717, 1.165) is 5.69 Å². The number of hydrogen-bond acceptors (Lipinski definition) is 3. The van der Waals surface area contributed by atoms with Crippen LogP contribution in [-0.4, -0.2) is 28.1 Å². The van der Waals surface area contributed by atoms with Gasteiger partial charge in [-0.05, 0) is 17.5 Å². The number of hydrogen-bond donors (Lipinski definition) is 3. The van der Waals surface area contributed by atoms with Crippen molar-refractivity contribution in [3.63, 3.8) is 0 Å². The van der Waals surface area contributed by atoms with E-state index in [1.54, 1.807) is 18.3 Å². The molecule has 0 fully saturated rings. The van der Waals surface area contributed by atoms with Gasteiger partial charge in [-0.2, -0.15) is 0 Å². The van der Waals surface area contributed by atoms with E-state index < -0.39 is 18.0 Å². The minimum Gasteiger partial charge on any atom is -0.481 e. The summed E-state index contributed by atoms with van der Waals surface area (Å²) in [6.07, 6.45) is 1.54. The first-order valence-electron chi connectivity index (χ1n) is 6.45. The van der Waals surface area contributed by atoms with Gasteiger partial charge in [-0.15, -0.1) is 0 Å². The van der Waals surface area contributed by atoms with Crippen LogP contribution in [0.15, 0.2) is 24.4 Å². The first-order valence-corrected chi connectivity index (χ1v) is 6.45. The molecule has 6 heteroatoms. The Balaban J connectivity index is 2.52. The smallest absolute Gasteiger partial charge is 0.315 e. The molecule has 1 unspecified atom stereocenters. The van der Waals surface area contributed by atoms with Crippen LogP contribution in [0, 0.1) is 5.41 Å². The van der Waals surface area contributed by atoms with Crippen LogP contribution in [-0.2, 0) is 11.3 Å². The fourth-order valence-corrected chi connectivity index (χ4v) is 1.63. The van der Waals surface area contributed by atoms with Crippen molar-refractivity contribution in [3.05, 3.63) is 30.1 Å². The van der Waals surface area contributed by atoms with Crippen molar-refractivity contribution in [2.45, 2.75) is 39.8 Å². The third-order valence-electron chi connectivity index (χ3n) is 2.89. The highest BCUT2D eigenvalue weighted by Crippen LogP contribution is 2.21. The minimum absolute atomic E-state index is 0.111. The first kappa shape index (κ1) is 15.9. The van der Waals surface area contributed by atoms with Crippen LogP contribution in [0.25, 0.3) is 0 Å². The topological polar surface area (TPSA) is 91.3 Å². The third kappa shape index (κ3) is 5.69. The van der Waals surface area contributed by atoms with E-state index in [-0.39, 0.29) is 11.8 Å². The monoisotopic (exact) mass is 279 g/mol. The molecule has 1 aromatic heterocycles. The lowest BCUT2D eigenvalue weighted by atomic mass is 9.85. The lowest BCUT2D eigenvalue weighted by Gasteiger charge is -2.30. The molecule has 0 aliphatic carbocycles. The number of carbonyl (C=O) groups excluding carboxylic acids is 1. The number of aliphatic carboxylic acids is 1. The van der Waals surface area contributed by atoms with E-state index in [0.29, 0.717) is 6.54 Å². The number of nitrogens with one attached hydrogen (secondary N) is 2. The molecular formula is C14H21N3O3. The molecule has 1 rings (SSSR count). The highest BCUT2D eigenvalue weighted by molar-refractivity contribution is 5.75. The summed E-state index contributed by atoms with van der Waals surface area (Å²) in [4.78, 5) is 26.7. The Bertz CT molecular complexity index is 454. The van der Waals surface area contributed by atoms with Crippen LogP contribution in [0.1, 0.15) is 32.9 Å². The van der Waals surface area contributed by atoms with Crippen molar-refractivity contribution in [1.29, 1.82) is 0 Å². The number of pyridine rings is 1. The number of rotatable bonds is 5. The Morgan fingerprint density at radius 1 is 1.35 bits per heavy atom. The molecule has 1 aromatic rings. The molecule has 1 atom stereocenters. The van der Waals surface area contributed by atoms with E-state index in [4.69, 9.17) is 5.11 Å². The van der Waals surface area contributed by atoms with Gasteiger partial charge in [0.05, 0.1) is 18.7 Å². The molecule has 0 aromatic carbocycles.